The lowest BCUT2D eigenvalue weighted by Crippen LogP contribution is -2.48. The van der Waals surface area contributed by atoms with Gasteiger partial charge >= 0.3 is 0 Å². The molecule has 1 amide bonds. The number of rotatable bonds is 6. The number of amides is 1. The first kappa shape index (κ1) is 26.5. The lowest BCUT2D eigenvalue weighted by Gasteiger charge is -2.42. The van der Waals surface area contributed by atoms with E-state index in [-0.39, 0.29) is 23.8 Å². The Morgan fingerprint density at radius 1 is 1.03 bits per heavy atom. The SMILES string of the molecule is NC1=CC=C(C(NC(=O)[C@@H]2CC[C@@H](N3CCOCC3)C[C@H]2c2ccc(Br)cc2)c2ccc(Cl)cc2)CC1. The van der Waals surface area contributed by atoms with Crippen LogP contribution in [0.15, 0.2) is 76.4 Å². The van der Waals surface area contributed by atoms with E-state index in [2.05, 4.69) is 56.5 Å². The molecule has 2 aliphatic carbocycles. The van der Waals surface area contributed by atoms with Crippen LogP contribution in [0.1, 0.15) is 55.2 Å². The summed E-state index contributed by atoms with van der Waals surface area (Å²) in [7, 11) is 0. The van der Waals surface area contributed by atoms with Crippen LogP contribution in [0, 0.1) is 5.92 Å². The molecule has 5 nitrogen and oxygen atoms in total. The average molecular weight is 585 g/mol. The van der Waals surface area contributed by atoms with Crippen molar-refractivity contribution < 1.29 is 9.53 Å². The minimum atomic E-state index is -0.198. The van der Waals surface area contributed by atoms with E-state index in [9.17, 15) is 4.79 Å². The average Bonchev–Trinajstić information content (AvgIpc) is 2.93. The molecule has 1 saturated heterocycles. The Bertz CT molecular complexity index is 1140. The molecule has 196 valence electrons. The lowest BCUT2D eigenvalue weighted by molar-refractivity contribution is -0.127. The molecule has 5 rings (SSSR count). The van der Waals surface area contributed by atoms with Gasteiger partial charge in [-0.15, -0.1) is 0 Å². The quantitative estimate of drug-likeness (QED) is 0.430. The Hall–Kier alpha value is -2.12. The van der Waals surface area contributed by atoms with Gasteiger partial charge in [0.2, 0.25) is 5.91 Å². The third-order valence-electron chi connectivity index (χ3n) is 8.09. The highest BCUT2D eigenvalue weighted by Crippen LogP contribution is 2.41. The molecule has 3 aliphatic rings. The highest BCUT2D eigenvalue weighted by Gasteiger charge is 2.39. The Morgan fingerprint density at radius 3 is 2.43 bits per heavy atom. The predicted octanol–water partition coefficient (Wildman–Crippen LogP) is 6.11. The van der Waals surface area contributed by atoms with Crippen molar-refractivity contribution in [3.05, 3.63) is 92.6 Å². The first-order chi connectivity index (χ1) is 18.0. The first-order valence-electron chi connectivity index (χ1n) is 13.3. The van der Waals surface area contributed by atoms with Crippen molar-refractivity contribution in [1.29, 1.82) is 0 Å². The molecule has 1 aliphatic heterocycles. The highest BCUT2D eigenvalue weighted by atomic mass is 79.9. The number of benzene rings is 2. The maximum atomic E-state index is 14.0. The number of nitrogens with zero attached hydrogens (tertiary/aromatic N) is 1. The van der Waals surface area contributed by atoms with Gasteiger partial charge in [0.15, 0.2) is 0 Å². The fraction of sp³-hybridized carbons (Fsp3) is 0.433. The largest absolute Gasteiger partial charge is 0.402 e. The maximum absolute atomic E-state index is 14.0. The van der Waals surface area contributed by atoms with Crippen LogP contribution in [0.25, 0.3) is 0 Å². The molecule has 1 heterocycles. The van der Waals surface area contributed by atoms with Crippen molar-refractivity contribution in [3.8, 4) is 0 Å². The van der Waals surface area contributed by atoms with Gasteiger partial charge in [0.05, 0.1) is 19.3 Å². The van der Waals surface area contributed by atoms with E-state index in [1.807, 2.05) is 30.3 Å². The second-order valence-corrected chi connectivity index (χ2v) is 11.7. The second-order valence-electron chi connectivity index (χ2n) is 10.4. The number of hydrogen-bond donors (Lipinski definition) is 2. The molecule has 2 aromatic carbocycles. The Balaban J connectivity index is 1.40. The lowest BCUT2D eigenvalue weighted by atomic mass is 9.72. The fourth-order valence-electron chi connectivity index (χ4n) is 6.02. The molecule has 0 radical (unpaired) electrons. The first-order valence-corrected chi connectivity index (χ1v) is 14.4. The monoisotopic (exact) mass is 583 g/mol. The van der Waals surface area contributed by atoms with Crippen LogP contribution >= 0.6 is 27.5 Å². The Labute approximate surface area is 233 Å². The van der Waals surface area contributed by atoms with Gasteiger partial charge in [-0.3, -0.25) is 9.69 Å². The number of nitrogens with one attached hydrogen (secondary N) is 1. The molecule has 37 heavy (non-hydrogen) atoms. The number of nitrogens with two attached hydrogens (primary N) is 1. The van der Waals surface area contributed by atoms with E-state index in [4.69, 9.17) is 22.1 Å². The van der Waals surface area contributed by atoms with Gasteiger partial charge in [-0.25, -0.2) is 0 Å². The van der Waals surface area contributed by atoms with E-state index in [0.717, 1.165) is 74.1 Å². The topological polar surface area (TPSA) is 67.6 Å². The van der Waals surface area contributed by atoms with Gasteiger partial charge in [-0.2, -0.15) is 0 Å². The molecule has 7 heteroatoms. The van der Waals surface area contributed by atoms with Crippen LogP contribution in [-0.2, 0) is 9.53 Å². The molecular formula is C30H35BrClN3O2. The molecular weight excluding hydrogens is 550 g/mol. The van der Waals surface area contributed by atoms with Crippen LogP contribution in [-0.4, -0.2) is 43.2 Å². The summed E-state index contributed by atoms with van der Waals surface area (Å²) in [5.74, 6) is 0.200. The van der Waals surface area contributed by atoms with Crippen LogP contribution in [0.5, 0.6) is 0 Å². The molecule has 2 aromatic rings. The van der Waals surface area contributed by atoms with Crippen LogP contribution in [0.3, 0.4) is 0 Å². The van der Waals surface area contributed by atoms with E-state index in [0.29, 0.717) is 11.1 Å². The normalized spacial score (nSPS) is 25.6. The standard InChI is InChI=1S/C30H35BrClN3O2/c31-23-7-1-20(2-8-23)28-19-26(35-15-17-37-18-16-35)13-14-27(28)30(36)34-29(21-3-9-24(32)10-4-21)22-5-11-25(33)12-6-22/h1-5,7-11,26-29H,6,12-19,33H2,(H,34,36)/t26-,27-,28+,29?/m1/s1. The van der Waals surface area contributed by atoms with Gasteiger partial charge in [-0.05, 0) is 85.1 Å². The van der Waals surface area contributed by atoms with Gasteiger partial charge in [0.25, 0.3) is 0 Å². The van der Waals surface area contributed by atoms with Crippen molar-refractivity contribution in [2.24, 2.45) is 11.7 Å². The molecule has 1 unspecified atom stereocenters. The molecule has 2 fully saturated rings. The van der Waals surface area contributed by atoms with Gasteiger partial charge in [0.1, 0.15) is 0 Å². The zero-order chi connectivity index (χ0) is 25.8. The minimum Gasteiger partial charge on any atom is -0.402 e. The summed E-state index contributed by atoms with van der Waals surface area (Å²) >= 11 is 9.75. The summed E-state index contributed by atoms with van der Waals surface area (Å²) in [4.78, 5) is 16.6. The number of ether oxygens (including phenoxy) is 1. The van der Waals surface area contributed by atoms with E-state index < -0.39 is 0 Å². The van der Waals surface area contributed by atoms with Crippen molar-refractivity contribution >= 4 is 33.4 Å². The molecule has 0 aromatic heterocycles. The summed E-state index contributed by atoms with van der Waals surface area (Å²) in [5, 5.41) is 4.14. The van der Waals surface area contributed by atoms with E-state index >= 15 is 0 Å². The second kappa shape index (κ2) is 12.2. The number of morpholine rings is 1. The Morgan fingerprint density at radius 2 is 1.76 bits per heavy atom. The van der Waals surface area contributed by atoms with Crippen molar-refractivity contribution in [2.75, 3.05) is 26.3 Å². The van der Waals surface area contributed by atoms with Gasteiger partial charge in [-0.1, -0.05) is 57.9 Å². The van der Waals surface area contributed by atoms with Crippen molar-refractivity contribution in [3.63, 3.8) is 0 Å². The smallest absolute Gasteiger partial charge is 0.224 e. The van der Waals surface area contributed by atoms with Crippen molar-refractivity contribution in [1.82, 2.24) is 10.2 Å². The summed E-state index contributed by atoms with van der Waals surface area (Å²) in [6.45, 7) is 3.52. The van der Waals surface area contributed by atoms with Gasteiger partial charge < -0.3 is 15.8 Å². The molecule has 3 N–H and O–H groups in total. The van der Waals surface area contributed by atoms with Crippen LogP contribution in [0.2, 0.25) is 5.02 Å². The van der Waals surface area contributed by atoms with Crippen LogP contribution in [0.4, 0.5) is 0 Å². The van der Waals surface area contributed by atoms with E-state index in [1.54, 1.807) is 0 Å². The third kappa shape index (κ3) is 6.48. The highest BCUT2D eigenvalue weighted by molar-refractivity contribution is 9.10. The van der Waals surface area contributed by atoms with Gasteiger partial charge in [0, 0.05) is 40.2 Å². The summed E-state index contributed by atoms with van der Waals surface area (Å²) in [6, 6.07) is 16.6. The fourth-order valence-corrected chi connectivity index (χ4v) is 6.41. The molecule has 0 spiro atoms. The molecule has 4 atom stereocenters. The summed E-state index contributed by atoms with van der Waals surface area (Å²) in [5.41, 5.74) is 10.4. The Kier molecular flexibility index (Phi) is 8.71. The minimum absolute atomic E-state index is 0.0851. The maximum Gasteiger partial charge on any atom is 0.224 e. The number of hydrogen-bond acceptors (Lipinski definition) is 4. The zero-order valence-electron chi connectivity index (χ0n) is 21.0. The summed E-state index contributed by atoms with van der Waals surface area (Å²) < 4.78 is 6.65. The molecule has 0 bridgehead atoms. The predicted molar refractivity (Wildman–Crippen MR) is 152 cm³/mol. The summed E-state index contributed by atoms with van der Waals surface area (Å²) in [6.07, 6.45) is 8.54. The molecule has 1 saturated carbocycles. The van der Waals surface area contributed by atoms with Crippen LogP contribution < -0.4 is 11.1 Å². The zero-order valence-corrected chi connectivity index (χ0v) is 23.4. The third-order valence-corrected chi connectivity index (χ3v) is 8.87. The number of carbonyl (C=O) groups is 1. The van der Waals surface area contributed by atoms with Crippen molar-refractivity contribution in [2.45, 2.75) is 50.1 Å². The number of allylic oxidation sites excluding steroid dienone is 3. The number of halogens is 2. The van der Waals surface area contributed by atoms with E-state index in [1.165, 1.54) is 11.1 Å². The number of carbonyl (C=O) groups excluding carboxylic acids is 1.